The topological polar surface area (TPSA) is 89.3 Å². The minimum atomic E-state index is -3.43. The molecule has 0 saturated heterocycles. The lowest BCUT2D eigenvalue weighted by atomic mass is 10.0. The second-order valence-electron chi connectivity index (χ2n) is 7.56. The van der Waals surface area contributed by atoms with E-state index in [-0.39, 0.29) is 41.4 Å². The van der Waals surface area contributed by atoms with Crippen LogP contribution in [0, 0.1) is 11.8 Å². The monoisotopic (exact) mass is 380 g/mol. The lowest BCUT2D eigenvalue weighted by Gasteiger charge is -2.30. The van der Waals surface area contributed by atoms with Crippen LogP contribution in [0.4, 0.5) is 0 Å². The zero-order valence-corrected chi connectivity index (χ0v) is 16.5. The molecule has 0 aromatic carbocycles. The van der Waals surface area contributed by atoms with Crippen LogP contribution < -0.4 is 11.1 Å². The molecule has 0 aliphatic heterocycles. The van der Waals surface area contributed by atoms with Crippen molar-refractivity contribution in [2.45, 2.75) is 81.8 Å². The van der Waals surface area contributed by atoms with Gasteiger partial charge in [-0.3, -0.25) is 4.79 Å². The quantitative estimate of drug-likeness (QED) is 0.740. The Bertz CT molecular complexity index is 504. The summed E-state index contributed by atoms with van der Waals surface area (Å²) in [7, 11) is -3.43. The van der Waals surface area contributed by atoms with Crippen LogP contribution in [0.1, 0.15) is 65.2 Å². The second-order valence-corrected chi connectivity index (χ2v) is 9.91. The van der Waals surface area contributed by atoms with Crippen LogP contribution >= 0.6 is 12.4 Å². The van der Waals surface area contributed by atoms with E-state index in [9.17, 15) is 13.2 Å². The standard InChI is InChI=1S/C17H32N2O3S.ClH/c1-12(2)16(23(21,22)14-8-4-3-5-9-14)17(20)19-15-10-6-7-13(15)11-18;/h12-16H,3-11,18H2,1-2H3,(H,19,20);1H. The van der Waals surface area contributed by atoms with Crippen LogP contribution in [-0.2, 0) is 14.6 Å². The molecule has 0 bridgehead atoms. The molecule has 3 N–H and O–H groups in total. The molecule has 2 rings (SSSR count). The van der Waals surface area contributed by atoms with Crippen LogP contribution in [0.25, 0.3) is 0 Å². The molecule has 3 atom stereocenters. The number of rotatable bonds is 6. The van der Waals surface area contributed by atoms with Gasteiger partial charge in [0.2, 0.25) is 5.91 Å². The lowest BCUT2D eigenvalue weighted by Crippen LogP contribution is -2.51. The predicted octanol–water partition coefficient (Wildman–Crippen LogP) is 2.42. The molecule has 1 amide bonds. The third-order valence-electron chi connectivity index (χ3n) is 5.52. The van der Waals surface area contributed by atoms with Crippen molar-refractivity contribution >= 4 is 28.2 Å². The van der Waals surface area contributed by atoms with Gasteiger partial charge in [0, 0.05) is 6.04 Å². The van der Waals surface area contributed by atoms with Gasteiger partial charge < -0.3 is 11.1 Å². The molecule has 3 unspecified atom stereocenters. The fourth-order valence-electron chi connectivity index (χ4n) is 4.21. The number of carbonyl (C=O) groups is 1. The van der Waals surface area contributed by atoms with Crippen molar-refractivity contribution in [3.8, 4) is 0 Å². The first-order valence-electron chi connectivity index (χ1n) is 9.11. The lowest BCUT2D eigenvalue weighted by molar-refractivity contribution is -0.122. The molecule has 24 heavy (non-hydrogen) atoms. The van der Waals surface area contributed by atoms with E-state index in [0.717, 1.165) is 38.5 Å². The van der Waals surface area contributed by atoms with Gasteiger partial charge in [0.1, 0.15) is 5.25 Å². The number of amides is 1. The summed E-state index contributed by atoms with van der Waals surface area (Å²) in [6, 6.07) is 0.0373. The zero-order chi connectivity index (χ0) is 17.0. The van der Waals surface area contributed by atoms with Gasteiger partial charge in [-0.05, 0) is 44.1 Å². The molecular weight excluding hydrogens is 348 g/mol. The van der Waals surface area contributed by atoms with Gasteiger partial charge >= 0.3 is 0 Å². The predicted molar refractivity (Wildman–Crippen MR) is 100.0 cm³/mol. The third kappa shape index (κ3) is 4.85. The maximum atomic E-state index is 13.0. The van der Waals surface area contributed by atoms with Crippen molar-refractivity contribution in [2.24, 2.45) is 17.6 Å². The average molecular weight is 381 g/mol. The average Bonchev–Trinajstić information content (AvgIpc) is 2.94. The molecule has 2 aliphatic carbocycles. The smallest absolute Gasteiger partial charge is 0.238 e. The molecule has 2 saturated carbocycles. The Hall–Kier alpha value is -0.330. The van der Waals surface area contributed by atoms with Crippen molar-refractivity contribution in [1.29, 1.82) is 0 Å². The first-order chi connectivity index (χ1) is 10.9. The van der Waals surface area contributed by atoms with Gasteiger partial charge in [-0.15, -0.1) is 12.4 Å². The molecule has 0 heterocycles. The summed E-state index contributed by atoms with van der Waals surface area (Å²) < 4.78 is 26.0. The van der Waals surface area contributed by atoms with Gasteiger partial charge in [-0.2, -0.15) is 0 Å². The third-order valence-corrected chi connectivity index (χ3v) is 8.39. The number of nitrogens with one attached hydrogen (secondary N) is 1. The molecule has 0 aromatic heterocycles. The molecule has 0 radical (unpaired) electrons. The number of nitrogens with two attached hydrogens (primary N) is 1. The largest absolute Gasteiger partial charge is 0.352 e. The zero-order valence-electron chi connectivity index (χ0n) is 14.9. The van der Waals surface area contributed by atoms with E-state index in [1.54, 1.807) is 0 Å². The van der Waals surface area contributed by atoms with Crippen LogP contribution in [-0.4, -0.2) is 37.4 Å². The maximum Gasteiger partial charge on any atom is 0.238 e. The summed E-state index contributed by atoms with van der Waals surface area (Å²) in [5, 5.41) is 1.74. The van der Waals surface area contributed by atoms with Crippen LogP contribution in [0.5, 0.6) is 0 Å². The Morgan fingerprint density at radius 3 is 2.25 bits per heavy atom. The summed E-state index contributed by atoms with van der Waals surface area (Å²) in [6.45, 7) is 4.21. The Morgan fingerprint density at radius 1 is 1.08 bits per heavy atom. The number of halogens is 1. The van der Waals surface area contributed by atoms with Crippen molar-refractivity contribution in [3.05, 3.63) is 0 Å². The number of sulfone groups is 1. The highest BCUT2D eigenvalue weighted by molar-refractivity contribution is 7.93. The summed E-state index contributed by atoms with van der Waals surface area (Å²) >= 11 is 0. The maximum absolute atomic E-state index is 13.0. The van der Waals surface area contributed by atoms with Gasteiger partial charge in [0.05, 0.1) is 5.25 Å². The number of carbonyl (C=O) groups excluding carboxylic acids is 1. The van der Waals surface area contributed by atoms with Crippen LogP contribution in [0.15, 0.2) is 0 Å². The van der Waals surface area contributed by atoms with Gasteiger partial charge in [0.15, 0.2) is 9.84 Å². The van der Waals surface area contributed by atoms with Crippen molar-refractivity contribution in [2.75, 3.05) is 6.54 Å². The molecule has 2 aliphatic rings. The molecule has 7 heteroatoms. The Morgan fingerprint density at radius 2 is 1.71 bits per heavy atom. The van der Waals surface area contributed by atoms with Crippen LogP contribution in [0.3, 0.4) is 0 Å². The van der Waals surface area contributed by atoms with Crippen LogP contribution in [0.2, 0.25) is 0 Å². The Labute approximate surface area is 152 Å². The minimum Gasteiger partial charge on any atom is -0.352 e. The molecule has 5 nitrogen and oxygen atoms in total. The Kier molecular flexibility index (Phi) is 8.50. The van der Waals surface area contributed by atoms with E-state index in [1.807, 2.05) is 13.8 Å². The fraction of sp³-hybridized carbons (Fsp3) is 0.941. The van der Waals surface area contributed by atoms with Gasteiger partial charge in [-0.1, -0.05) is 39.5 Å². The normalized spacial score (nSPS) is 26.8. The van der Waals surface area contributed by atoms with Crippen molar-refractivity contribution in [1.82, 2.24) is 5.32 Å². The summed E-state index contributed by atoms with van der Waals surface area (Å²) in [5.74, 6) is -0.236. The van der Waals surface area contributed by atoms with Crippen molar-refractivity contribution < 1.29 is 13.2 Å². The van der Waals surface area contributed by atoms with E-state index in [2.05, 4.69) is 5.32 Å². The van der Waals surface area contributed by atoms with E-state index in [4.69, 9.17) is 5.73 Å². The van der Waals surface area contributed by atoms with E-state index >= 15 is 0 Å². The van der Waals surface area contributed by atoms with E-state index in [0.29, 0.717) is 19.4 Å². The number of hydrogen-bond donors (Lipinski definition) is 2. The molecule has 142 valence electrons. The summed E-state index contributed by atoms with van der Waals surface area (Å²) in [6.07, 6.45) is 7.38. The summed E-state index contributed by atoms with van der Waals surface area (Å²) in [4.78, 5) is 12.8. The molecular formula is C17H33ClN2O3S. The minimum absolute atomic E-state index is 0. The van der Waals surface area contributed by atoms with E-state index < -0.39 is 15.1 Å². The van der Waals surface area contributed by atoms with Crippen molar-refractivity contribution in [3.63, 3.8) is 0 Å². The molecule has 2 fully saturated rings. The molecule has 0 aromatic rings. The highest BCUT2D eigenvalue weighted by Gasteiger charge is 2.42. The SMILES string of the molecule is CC(C)C(C(=O)NC1CCCC1CN)S(=O)(=O)C1CCCCC1.Cl. The first kappa shape index (κ1) is 21.7. The van der Waals surface area contributed by atoms with Gasteiger partial charge in [0.25, 0.3) is 0 Å². The van der Waals surface area contributed by atoms with E-state index in [1.165, 1.54) is 0 Å². The number of hydrogen-bond acceptors (Lipinski definition) is 4. The van der Waals surface area contributed by atoms with Gasteiger partial charge in [-0.25, -0.2) is 8.42 Å². The Balaban J connectivity index is 0.00000288. The summed E-state index contributed by atoms with van der Waals surface area (Å²) in [5.41, 5.74) is 5.77. The highest BCUT2D eigenvalue weighted by atomic mass is 35.5. The fourth-order valence-corrected chi connectivity index (χ4v) is 6.74. The highest BCUT2D eigenvalue weighted by Crippen LogP contribution is 2.30. The first-order valence-corrected chi connectivity index (χ1v) is 10.7. The molecule has 0 spiro atoms. The second kappa shape index (κ2) is 9.39.